The highest BCUT2D eigenvalue weighted by molar-refractivity contribution is 5.61. The van der Waals surface area contributed by atoms with Gasteiger partial charge in [-0.05, 0) is 35.4 Å². The van der Waals surface area contributed by atoms with E-state index in [2.05, 4.69) is 30.2 Å². The number of nitrogen functional groups attached to an aromatic ring is 1. The summed E-state index contributed by atoms with van der Waals surface area (Å²) in [5.74, 6) is -2.65. The fourth-order valence-electron chi connectivity index (χ4n) is 2.51. The number of hydrogen-bond acceptors (Lipinski definition) is 9. The van der Waals surface area contributed by atoms with Gasteiger partial charge in [0.25, 0.3) is 0 Å². The molecule has 2 aromatic heterocycles. The van der Waals surface area contributed by atoms with E-state index in [1.165, 1.54) is 24.3 Å². The van der Waals surface area contributed by atoms with Gasteiger partial charge in [0, 0.05) is 0 Å². The van der Waals surface area contributed by atoms with E-state index >= 15 is 0 Å². The van der Waals surface area contributed by atoms with Gasteiger partial charge in [-0.25, -0.2) is 32.5 Å². The number of nitrogens with two attached hydrogens (primary N) is 1. The lowest BCUT2D eigenvalue weighted by Gasteiger charge is -2.05. The third-order valence-electron chi connectivity index (χ3n) is 4.33. The van der Waals surface area contributed by atoms with Gasteiger partial charge in [-0.15, -0.1) is 0 Å². The first-order chi connectivity index (χ1) is 18.3. The molecule has 2 heterocycles. The van der Waals surface area contributed by atoms with E-state index in [-0.39, 0.29) is 48.5 Å². The minimum atomic E-state index is -0.750. The Labute approximate surface area is 213 Å². The summed E-state index contributed by atoms with van der Waals surface area (Å²) in [6, 6.07) is 11.4. The number of hydrogen-bond donors (Lipinski definition) is 2. The Morgan fingerprint density at radius 1 is 0.816 bits per heavy atom. The van der Waals surface area contributed by atoms with Crippen LogP contribution in [0.2, 0.25) is 0 Å². The molecule has 0 aliphatic heterocycles. The van der Waals surface area contributed by atoms with Crippen molar-refractivity contribution >= 4 is 18.0 Å². The van der Waals surface area contributed by atoms with Crippen molar-refractivity contribution in [2.24, 2.45) is 4.99 Å². The minimum Gasteiger partial charge on any atom is -0.459 e. The van der Waals surface area contributed by atoms with Crippen LogP contribution in [-0.2, 0) is 13.2 Å². The number of halogens is 4. The Kier molecular flexibility index (Phi) is 9.82. The van der Waals surface area contributed by atoms with Crippen LogP contribution < -0.4 is 20.5 Å². The van der Waals surface area contributed by atoms with E-state index in [0.29, 0.717) is 5.56 Å². The number of nitrogens with one attached hydrogen (secondary N) is 1. The number of nitriles is 1. The Bertz CT molecular complexity index is 1410. The van der Waals surface area contributed by atoms with Crippen molar-refractivity contribution in [2.45, 2.75) is 13.2 Å². The summed E-state index contributed by atoms with van der Waals surface area (Å²) < 4.78 is 61.9. The van der Waals surface area contributed by atoms with Crippen molar-refractivity contribution in [2.75, 3.05) is 5.73 Å². The molecule has 0 amide bonds. The zero-order valence-corrected chi connectivity index (χ0v) is 19.4. The van der Waals surface area contributed by atoms with Gasteiger partial charge in [-0.1, -0.05) is 24.3 Å². The lowest BCUT2D eigenvalue weighted by atomic mass is 10.2. The maximum atomic E-state index is 13.4. The Hall–Kier alpha value is -5.32. The third-order valence-corrected chi connectivity index (χ3v) is 4.33. The average molecular weight is 526 g/mol. The van der Waals surface area contributed by atoms with Crippen molar-refractivity contribution < 1.29 is 27.0 Å². The quantitative estimate of drug-likeness (QED) is 0.114. The molecule has 0 aliphatic rings. The molecular formula is C24H18F4N8O2. The fourth-order valence-corrected chi connectivity index (χ4v) is 2.51. The van der Waals surface area contributed by atoms with Crippen LogP contribution >= 0.6 is 0 Å². The molecule has 38 heavy (non-hydrogen) atoms. The van der Waals surface area contributed by atoms with Crippen molar-refractivity contribution in [1.29, 1.82) is 5.26 Å². The Morgan fingerprint density at radius 2 is 1.32 bits per heavy atom. The normalized spacial score (nSPS) is 10.3. The van der Waals surface area contributed by atoms with Crippen LogP contribution in [0, 0.1) is 34.7 Å². The van der Waals surface area contributed by atoms with Crippen LogP contribution in [0.25, 0.3) is 0 Å². The molecule has 10 nitrogen and oxygen atoms in total. The monoisotopic (exact) mass is 526 g/mol. The molecule has 2 aromatic carbocycles. The highest BCUT2D eigenvalue weighted by atomic mass is 19.1. The van der Waals surface area contributed by atoms with Crippen LogP contribution in [0.15, 0.2) is 65.9 Å². The van der Waals surface area contributed by atoms with Gasteiger partial charge < -0.3 is 15.2 Å². The smallest absolute Gasteiger partial charge is 0.318 e. The van der Waals surface area contributed by atoms with Crippen LogP contribution in [0.3, 0.4) is 0 Å². The number of nitrogens with zero attached hydrogens (tertiary/aromatic N) is 6. The zero-order valence-electron chi connectivity index (χ0n) is 19.4. The maximum absolute atomic E-state index is 13.4. The lowest BCUT2D eigenvalue weighted by Crippen LogP contribution is -2.03. The zero-order chi connectivity index (χ0) is 27.3. The van der Waals surface area contributed by atoms with Gasteiger partial charge in [0.1, 0.15) is 31.2 Å². The van der Waals surface area contributed by atoms with Gasteiger partial charge in [0.15, 0.2) is 29.5 Å². The molecule has 194 valence electrons. The van der Waals surface area contributed by atoms with Crippen molar-refractivity contribution in [3.05, 3.63) is 95.3 Å². The highest BCUT2D eigenvalue weighted by Crippen LogP contribution is 2.17. The molecule has 4 rings (SSSR count). The molecule has 0 spiro atoms. The van der Waals surface area contributed by atoms with E-state index in [9.17, 15) is 17.6 Å². The number of ether oxygens (including phenoxy) is 2. The second-order valence-electron chi connectivity index (χ2n) is 7.05. The van der Waals surface area contributed by atoms with Crippen molar-refractivity contribution in [3.63, 3.8) is 0 Å². The van der Waals surface area contributed by atoms with Crippen molar-refractivity contribution in [3.8, 4) is 18.2 Å². The first kappa shape index (κ1) is 27.3. The van der Waals surface area contributed by atoms with Gasteiger partial charge in [-0.2, -0.15) is 15.2 Å². The van der Waals surface area contributed by atoms with Crippen LogP contribution in [0.1, 0.15) is 11.1 Å². The predicted molar refractivity (Wildman–Crippen MR) is 127 cm³/mol. The molecule has 14 heteroatoms. The van der Waals surface area contributed by atoms with Gasteiger partial charge in [0.2, 0.25) is 0 Å². The van der Waals surface area contributed by atoms with E-state index in [1.54, 1.807) is 30.5 Å². The number of rotatable bonds is 8. The molecule has 0 saturated carbocycles. The Balaban J connectivity index is 0.000000215. The summed E-state index contributed by atoms with van der Waals surface area (Å²) in [5.41, 5.74) is 6.71. The standard InChI is InChI=1S/C13H9F2N5O.C11H9F2N3O/c14-10-3-1-9(2-4-10)6-21-13-18-5-11(15)12(20-13)19-8-17-7-16;12-8-3-1-7(2-4-8)6-17-11-15-5-9(13)10(14)16-11/h1-5,8H,6H2,(H,17,18,19,20);1-5H,6H2,(H2,14,15,16). The second-order valence-corrected chi connectivity index (χ2v) is 7.05. The van der Waals surface area contributed by atoms with E-state index in [1.807, 2.05) is 0 Å². The fraction of sp³-hybridized carbons (Fsp3) is 0.0833. The van der Waals surface area contributed by atoms with Gasteiger partial charge in [-0.3, -0.25) is 5.32 Å². The van der Waals surface area contributed by atoms with E-state index in [0.717, 1.165) is 24.3 Å². The number of aromatic nitrogens is 4. The number of aliphatic imine (C=N–C) groups is 1. The molecule has 0 aliphatic carbocycles. The first-order valence-corrected chi connectivity index (χ1v) is 10.6. The average Bonchev–Trinajstić information content (AvgIpc) is 2.92. The minimum absolute atomic E-state index is 0.0202. The summed E-state index contributed by atoms with van der Waals surface area (Å²) in [6.45, 7) is 0.261. The van der Waals surface area contributed by atoms with Crippen LogP contribution in [-0.4, -0.2) is 26.3 Å². The Morgan fingerprint density at radius 3 is 1.82 bits per heavy atom. The topological polar surface area (TPSA) is 144 Å². The summed E-state index contributed by atoms with van der Waals surface area (Å²) in [5, 5.41) is 10.4. The van der Waals surface area contributed by atoms with Crippen molar-refractivity contribution in [1.82, 2.24) is 25.3 Å². The molecule has 0 bridgehead atoms. The summed E-state index contributed by atoms with van der Waals surface area (Å²) in [6.07, 6.45) is 4.43. The molecule has 0 radical (unpaired) electrons. The third kappa shape index (κ3) is 8.72. The number of benzene rings is 2. The molecule has 0 atom stereocenters. The summed E-state index contributed by atoms with van der Waals surface area (Å²) >= 11 is 0. The highest BCUT2D eigenvalue weighted by Gasteiger charge is 2.07. The second kappa shape index (κ2) is 13.7. The van der Waals surface area contributed by atoms with E-state index < -0.39 is 11.6 Å². The molecule has 0 unspecified atom stereocenters. The largest absolute Gasteiger partial charge is 0.459 e. The van der Waals surface area contributed by atoms with Crippen LogP contribution in [0.4, 0.5) is 29.2 Å². The molecule has 0 fully saturated rings. The molecule has 0 saturated heterocycles. The van der Waals surface area contributed by atoms with E-state index in [4.69, 9.17) is 20.5 Å². The maximum Gasteiger partial charge on any atom is 0.318 e. The van der Waals surface area contributed by atoms with Gasteiger partial charge >= 0.3 is 12.0 Å². The summed E-state index contributed by atoms with van der Waals surface area (Å²) in [4.78, 5) is 18.2. The van der Waals surface area contributed by atoms with Crippen LogP contribution in [0.5, 0.6) is 12.0 Å². The lowest BCUT2D eigenvalue weighted by molar-refractivity contribution is 0.279. The SMILES string of the molecule is N#CNC=Nc1nc(OCc2ccc(F)cc2)ncc1F.Nc1nc(OCc2ccc(F)cc2)ncc1F. The van der Waals surface area contributed by atoms with Gasteiger partial charge in [0.05, 0.1) is 12.4 Å². The summed E-state index contributed by atoms with van der Waals surface area (Å²) in [7, 11) is 0. The number of anilines is 1. The first-order valence-electron chi connectivity index (χ1n) is 10.6. The molecular weight excluding hydrogens is 508 g/mol. The molecule has 3 N–H and O–H groups in total. The molecule has 4 aromatic rings. The predicted octanol–water partition coefficient (Wildman–Crippen LogP) is 3.98.